The van der Waals surface area contributed by atoms with Gasteiger partial charge in [0.05, 0.1) is 17.3 Å². The summed E-state index contributed by atoms with van der Waals surface area (Å²) in [6, 6.07) is 1.40. The lowest BCUT2D eigenvalue weighted by Crippen LogP contribution is -2.31. The molecule has 15 heavy (non-hydrogen) atoms. The summed E-state index contributed by atoms with van der Waals surface area (Å²) in [5.74, 6) is -3.08. The molecule has 0 radical (unpaired) electrons. The van der Waals surface area contributed by atoms with Crippen molar-refractivity contribution in [2.75, 3.05) is 24.2 Å². The van der Waals surface area contributed by atoms with E-state index in [1.807, 2.05) is 0 Å². The van der Waals surface area contributed by atoms with Gasteiger partial charge in [-0.25, -0.2) is 13.8 Å². The van der Waals surface area contributed by atoms with E-state index in [0.717, 1.165) is 0 Å². The quantitative estimate of drug-likeness (QED) is 0.739. The predicted octanol–water partition coefficient (Wildman–Crippen LogP) is 1.36. The first kappa shape index (κ1) is 11.9. The van der Waals surface area contributed by atoms with Crippen LogP contribution in [0.1, 0.15) is 0 Å². The maximum atomic E-state index is 12.6. The molecule has 0 atom stereocenters. The highest BCUT2D eigenvalue weighted by Crippen LogP contribution is 2.21. The van der Waals surface area contributed by atoms with Gasteiger partial charge in [-0.3, -0.25) is 0 Å². The van der Waals surface area contributed by atoms with E-state index < -0.39 is 19.1 Å². The Morgan fingerprint density at radius 2 is 2.27 bits per heavy atom. The van der Waals surface area contributed by atoms with Crippen molar-refractivity contribution in [3.05, 3.63) is 17.3 Å². The Hall–Kier alpha value is -1.14. The second-order valence-corrected chi connectivity index (χ2v) is 3.40. The topological polar surface area (TPSA) is 71.2 Å². The van der Waals surface area contributed by atoms with Gasteiger partial charge in [0.25, 0.3) is 5.92 Å². The molecule has 84 valence electrons. The van der Waals surface area contributed by atoms with Crippen molar-refractivity contribution in [3.63, 3.8) is 0 Å². The van der Waals surface area contributed by atoms with E-state index in [0.29, 0.717) is 5.02 Å². The van der Waals surface area contributed by atoms with Gasteiger partial charge in [0.1, 0.15) is 12.4 Å². The second kappa shape index (κ2) is 4.59. The molecule has 1 aromatic rings. The molecule has 4 N–H and O–H groups in total. The molecule has 7 heteroatoms. The average molecular weight is 238 g/mol. The predicted molar refractivity (Wildman–Crippen MR) is 54.2 cm³/mol. The summed E-state index contributed by atoms with van der Waals surface area (Å²) < 4.78 is 25.3. The molecule has 0 fully saturated rings. The van der Waals surface area contributed by atoms with E-state index in [-0.39, 0.29) is 11.5 Å². The number of alkyl halides is 2. The van der Waals surface area contributed by atoms with Gasteiger partial charge >= 0.3 is 0 Å². The van der Waals surface area contributed by atoms with Crippen LogP contribution < -0.4 is 11.1 Å². The van der Waals surface area contributed by atoms with Gasteiger partial charge in [0, 0.05) is 6.20 Å². The molecule has 0 aliphatic carbocycles. The van der Waals surface area contributed by atoms with E-state index in [1.54, 1.807) is 0 Å². The minimum absolute atomic E-state index is 0.118. The number of nitrogens with one attached hydrogen (secondary N) is 1. The van der Waals surface area contributed by atoms with Gasteiger partial charge in [-0.1, -0.05) is 11.6 Å². The van der Waals surface area contributed by atoms with Crippen LogP contribution in [0.5, 0.6) is 0 Å². The molecule has 0 aliphatic heterocycles. The number of rotatable bonds is 4. The van der Waals surface area contributed by atoms with Crippen LogP contribution in [0.25, 0.3) is 0 Å². The SMILES string of the molecule is Nc1cc(Cl)cnc1NCC(F)(F)CO. The molecule has 0 aliphatic rings. The number of hydrogen-bond donors (Lipinski definition) is 3. The van der Waals surface area contributed by atoms with E-state index in [9.17, 15) is 8.78 Å². The minimum atomic E-state index is -3.20. The summed E-state index contributed by atoms with van der Waals surface area (Å²) in [4.78, 5) is 3.73. The number of hydrogen-bond acceptors (Lipinski definition) is 4. The number of anilines is 2. The van der Waals surface area contributed by atoms with Crippen molar-refractivity contribution in [2.45, 2.75) is 5.92 Å². The number of nitrogens with zero attached hydrogens (tertiary/aromatic N) is 1. The lowest BCUT2D eigenvalue weighted by molar-refractivity contribution is -0.0373. The maximum absolute atomic E-state index is 12.6. The molecule has 0 saturated carbocycles. The summed E-state index contributed by atoms with van der Waals surface area (Å²) in [6.07, 6.45) is 1.29. The standard InChI is InChI=1S/C8H10ClF2N3O/c9-5-1-6(12)7(13-2-5)14-3-8(10,11)4-15/h1-2,15H,3-4,12H2,(H,13,14). The molecule has 0 unspecified atom stereocenters. The molecule has 1 aromatic heterocycles. The van der Waals surface area contributed by atoms with Gasteiger partial charge in [-0.15, -0.1) is 0 Å². The Morgan fingerprint density at radius 3 is 2.80 bits per heavy atom. The average Bonchev–Trinajstić information content (AvgIpc) is 2.16. The van der Waals surface area contributed by atoms with Crippen molar-refractivity contribution >= 4 is 23.1 Å². The second-order valence-electron chi connectivity index (χ2n) is 2.96. The Kier molecular flexibility index (Phi) is 3.65. The molecule has 1 rings (SSSR count). The molecule has 1 heterocycles. The summed E-state index contributed by atoms with van der Waals surface area (Å²) in [6.45, 7) is -1.96. The number of aliphatic hydroxyl groups excluding tert-OH is 1. The monoisotopic (exact) mass is 237 g/mol. The molecule has 0 amide bonds. The first-order chi connectivity index (χ1) is 6.94. The van der Waals surface area contributed by atoms with Crippen LogP contribution in [0.4, 0.5) is 20.3 Å². The molecule has 0 bridgehead atoms. The fraction of sp³-hybridized carbons (Fsp3) is 0.375. The zero-order valence-electron chi connectivity index (χ0n) is 7.67. The summed E-state index contributed by atoms with van der Waals surface area (Å²) >= 11 is 5.58. The van der Waals surface area contributed by atoms with Crippen LogP contribution in [-0.2, 0) is 0 Å². The number of nitrogens with two attached hydrogens (primary N) is 1. The highest BCUT2D eigenvalue weighted by molar-refractivity contribution is 6.30. The smallest absolute Gasteiger partial charge is 0.287 e. The largest absolute Gasteiger partial charge is 0.396 e. The number of aromatic nitrogens is 1. The minimum Gasteiger partial charge on any atom is -0.396 e. The Balaban J connectivity index is 2.66. The Labute approximate surface area is 90.1 Å². The van der Waals surface area contributed by atoms with Gasteiger partial charge in [-0.2, -0.15) is 0 Å². The zero-order chi connectivity index (χ0) is 11.5. The molecular formula is C8H10ClF2N3O. The van der Waals surface area contributed by atoms with E-state index in [4.69, 9.17) is 22.4 Å². The van der Waals surface area contributed by atoms with Crippen molar-refractivity contribution in [1.29, 1.82) is 0 Å². The van der Waals surface area contributed by atoms with Gasteiger partial charge < -0.3 is 16.2 Å². The number of nitrogen functional groups attached to an aromatic ring is 1. The fourth-order valence-electron chi connectivity index (χ4n) is 0.872. The number of aliphatic hydroxyl groups is 1. The van der Waals surface area contributed by atoms with E-state index in [1.165, 1.54) is 12.3 Å². The Morgan fingerprint density at radius 1 is 1.60 bits per heavy atom. The molecule has 0 saturated heterocycles. The zero-order valence-corrected chi connectivity index (χ0v) is 8.43. The molecular weight excluding hydrogens is 228 g/mol. The van der Waals surface area contributed by atoms with Gasteiger partial charge in [0.2, 0.25) is 0 Å². The van der Waals surface area contributed by atoms with Crippen molar-refractivity contribution in [3.8, 4) is 0 Å². The third-order valence-electron chi connectivity index (χ3n) is 1.63. The third-order valence-corrected chi connectivity index (χ3v) is 1.84. The number of pyridine rings is 1. The van der Waals surface area contributed by atoms with Crippen LogP contribution in [0, 0.1) is 0 Å². The summed E-state index contributed by atoms with van der Waals surface area (Å²) in [5, 5.41) is 11.0. The summed E-state index contributed by atoms with van der Waals surface area (Å²) in [7, 11) is 0. The van der Waals surface area contributed by atoms with Crippen LogP contribution >= 0.6 is 11.6 Å². The summed E-state index contributed by atoms with van der Waals surface area (Å²) in [5.41, 5.74) is 5.65. The van der Waals surface area contributed by atoms with Crippen LogP contribution in [0.2, 0.25) is 5.02 Å². The van der Waals surface area contributed by atoms with E-state index in [2.05, 4.69) is 10.3 Å². The van der Waals surface area contributed by atoms with Crippen molar-refractivity contribution in [1.82, 2.24) is 4.98 Å². The third kappa shape index (κ3) is 3.49. The molecule has 4 nitrogen and oxygen atoms in total. The molecule has 0 spiro atoms. The van der Waals surface area contributed by atoms with Crippen molar-refractivity contribution < 1.29 is 13.9 Å². The maximum Gasteiger partial charge on any atom is 0.287 e. The van der Waals surface area contributed by atoms with Crippen LogP contribution in [0.3, 0.4) is 0 Å². The Bertz CT molecular complexity index is 349. The first-order valence-electron chi connectivity index (χ1n) is 4.08. The van der Waals surface area contributed by atoms with Gasteiger partial charge in [-0.05, 0) is 6.07 Å². The first-order valence-corrected chi connectivity index (χ1v) is 4.46. The highest BCUT2D eigenvalue weighted by atomic mass is 35.5. The van der Waals surface area contributed by atoms with Crippen LogP contribution in [0.15, 0.2) is 12.3 Å². The lowest BCUT2D eigenvalue weighted by Gasteiger charge is -2.15. The van der Waals surface area contributed by atoms with E-state index >= 15 is 0 Å². The van der Waals surface area contributed by atoms with Crippen LogP contribution in [-0.4, -0.2) is 29.2 Å². The van der Waals surface area contributed by atoms with Gasteiger partial charge in [0.15, 0.2) is 0 Å². The molecule has 0 aromatic carbocycles. The fourth-order valence-corrected chi connectivity index (χ4v) is 1.04. The van der Waals surface area contributed by atoms with Crippen molar-refractivity contribution in [2.24, 2.45) is 0 Å². The normalized spacial score (nSPS) is 11.5. The number of halogens is 3. The highest BCUT2D eigenvalue weighted by Gasteiger charge is 2.27. The lowest BCUT2D eigenvalue weighted by atomic mass is 10.3.